The molecule has 0 saturated carbocycles. The molecule has 5 rings (SSSR count). The van der Waals surface area contributed by atoms with Gasteiger partial charge in [0.15, 0.2) is 0 Å². The fourth-order valence-electron chi connectivity index (χ4n) is 4.30. The van der Waals surface area contributed by atoms with E-state index in [2.05, 4.69) is 42.3 Å². The predicted octanol–water partition coefficient (Wildman–Crippen LogP) is 2.82. The Bertz CT molecular complexity index is 1270. The van der Waals surface area contributed by atoms with E-state index in [-0.39, 0.29) is 0 Å². The van der Waals surface area contributed by atoms with Crippen LogP contribution in [-0.4, -0.2) is 69.7 Å². The summed E-state index contributed by atoms with van der Waals surface area (Å²) in [4.78, 5) is 23.9. The van der Waals surface area contributed by atoms with Crippen LogP contribution in [0.25, 0.3) is 22.3 Å². The van der Waals surface area contributed by atoms with Crippen molar-refractivity contribution in [3.63, 3.8) is 0 Å². The van der Waals surface area contributed by atoms with Crippen LogP contribution < -0.4 is 14.8 Å². The largest absolute Gasteiger partial charge is 0.490 e. The SMILES string of the molecule is CCOc1ncnc(-c2ccc3nc(Cc4cc(CN5CCNCC5)ccn4)[nH]c3c2)c1OC. The molecule has 34 heavy (non-hydrogen) atoms. The lowest BCUT2D eigenvalue weighted by molar-refractivity contribution is 0.233. The number of piperazine rings is 1. The van der Waals surface area contributed by atoms with E-state index in [1.165, 1.54) is 11.9 Å². The van der Waals surface area contributed by atoms with Gasteiger partial charge in [-0.15, -0.1) is 0 Å². The van der Waals surface area contributed by atoms with E-state index in [9.17, 15) is 0 Å². The highest BCUT2D eigenvalue weighted by atomic mass is 16.5. The summed E-state index contributed by atoms with van der Waals surface area (Å²) in [5.74, 6) is 1.84. The number of nitrogens with zero attached hydrogens (tertiary/aromatic N) is 5. The topological polar surface area (TPSA) is 101 Å². The Kier molecular flexibility index (Phi) is 6.64. The quantitative estimate of drug-likeness (QED) is 0.415. The smallest absolute Gasteiger partial charge is 0.260 e. The molecule has 0 unspecified atom stereocenters. The number of H-pyrrole nitrogens is 1. The van der Waals surface area contributed by atoms with E-state index in [1.54, 1.807) is 7.11 Å². The van der Waals surface area contributed by atoms with Crippen LogP contribution in [0.15, 0.2) is 42.9 Å². The van der Waals surface area contributed by atoms with Gasteiger partial charge in [0, 0.05) is 56.6 Å². The molecule has 9 nitrogen and oxygen atoms in total. The number of hydrogen-bond donors (Lipinski definition) is 2. The number of rotatable bonds is 8. The van der Waals surface area contributed by atoms with Crippen LogP contribution in [-0.2, 0) is 13.0 Å². The molecular formula is C25H29N7O2. The van der Waals surface area contributed by atoms with Crippen molar-refractivity contribution in [2.45, 2.75) is 19.9 Å². The van der Waals surface area contributed by atoms with Gasteiger partial charge in [0.1, 0.15) is 17.8 Å². The number of ether oxygens (including phenoxy) is 2. The van der Waals surface area contributed by atoms with E-state index >= 15 is 0 Å². The number of pyridine rings is 1. The van der Waals surface area contributed by atoms with Crippen LogP contribution in [0, 0.1) is 0 Å². The predicted molar refractivity (Wildman–Crippen MR) is 130 cm³/mol. The number of aromatic nitrogens is 5. The van der Waals surface area contributed by atoms with Gasteiger partial charge in [0.25, 0.3) is 5.88 Å². The second kappa shape index (κ2) is 10.1. The maximum Gasteiger partial charge on any atom is 0.260 e. The Balaban J connectivity index is 1.37. The highest BCUT2D eigenvalue weighted by Gasteiger charge is 2.16. The van der Waals surface area contributed by atoms with Crippen LogP contribution in [0.1, 0.15) is 24.0 Å². The van der Waals surface area contributed by atoms with Crippen LogP contribution >= 0.6 is 0 Å². The molecule has 1 aromatic carbocycles. The number of aromatic amines is 1. The zero-order valence-electron chi connectivity index (χ0n) is 19.5. The number of methoxy groups -OCH3 is 1. The van der Waals surface area contributed by atoms with Gasteiger partial charge in [0.05, 0.1) is 24.8 Å². The van der Waals surface area contributed by atoms with Gasteiger partial charge in [-0.05, 0) is 36.8 Å². The van der Waals surface area contributed by atoms with Crippen LogP contribution in [0.5, 0.6) is 11.6 Å². The van der Waals surface area contributed by atoms with Gasteiger partial charge < -0.3 is 19.8 Å². The van der Waals surface area contributed by atoms with Gasteiger partial charge in [-0.3, -0.25) is 9.88 Å². The fourth-order valence-corrected chi connectivity index (χ4v) is 4.30. The van der Waals surface area contributed by atoms with E-state index in [1.807, 2.05) is 31.3 Å². The molecule has 176 valence electrons. The van der Waals surface area contributed by atoms with Crippen molar-refractivity contribution in [2.24, 2.45) is 0 Å². The second-order valence-electron chi connectivity index (χ2n) is 8.27. The number of fused-ring (bicyclic) bond motifs is 1. The maximum absolute atomic E-state index is 5.60. The lowest BCUT2D eigenvalue weighted by atomic mass is 10.1. The van der Waals surface area contributed by atoms with Crippen molar-refractivity contribution >= 4 is 11.0 Å². The first-order valence-corrected chi connectivity index (χ1v) is 11.6. The van der Waals surface area contributed by atoms with E-state index in [0.717, 1.165) is 60.8 Å². The molecule has 0 spiro atoms. The molecule has 1 saturated heterocycles. The third-order valence-corrected chi connectivity index (χ3v) is 5.91. The third kappa shape index (κ3) is 4.85. The first kappa shape index (κ1) is 22.2. The molecule has 4 aromatic rings. The average molecular weight is 460 g/mol. The lowest BCUT2D eigenvalue weighted by Gasteiger charge is -2.27. The van der Waals surface area contributed by atoms with Gasteiger partial charge in [-0.25, -0.2) is 9.97 Å². The first-order chi connectivity index (χ1) is 16.7. The highest BCUT2D eigenvalue weighted by molar-refractivity contribution is 5.83. The van der Waals surface area contributed by atoms with Crippen molar-refractivity contribution in [2.75, 3.05) is 39.9 Å². The van der Waals surface area contributed by atoms with Gasteiger partial charge in [-0.2, -0.15) is 4.98 Å². The Morgan fingerprint density at radius 3 is 2.76 bits per heavy atom. The summed E-state index contributed by atoms with van der Waals surface area (Å²) >= 11 is 0. The molecule has 1 aliphatic rings. The molecule has 0 radical (unpaired) electrons. The normalized spacial score (nSPS) is 14.4. The molecular weight excluding hydrogens is 430 g/mol. The van der Waals surface area contributed by atoms with Crippen LogP contribution in [0.2, 0.25) is 0 Å². The number of imidazole rings is 1. The standard InChI is InChI=1S/C25H29N7O2/c1-3-34-25-24(33-2)23(28-16-29-25)18-4-5-20-21(13-18)31-22(30-20)14-19-12-17(6-7-27-19)15-32-10-8-26-9-11-32/h4-7,12-13,16,26H,3,8-11,14-15H2,1-2H3,(H,30,31). The molecule has 0 atom stereocenters. The summed E-state index contributed by atoms with van der Waals surface area (Å²) in [7, 11) is 1.60. The zero-order valence-corrected chi connectivity index (χ0v) is 19.5. The summed E-state index contributed by atoms with van der Waals surface area (Å²) in [5, 5.41) is 3.40. The molecule has 1 fully saturated rings. The van der Waals surface area contributed by atoms with E-state index < -0.39 is 0 Å². The second-order valence-corrected chi connectivity index (χ2v) is 8.27. The molecule has 0 bridgehead atoms. The lowest BCUT2D eigenvalue weighted by Crippen LogP contribution is -2.42. The first-order valence-electron chi connectivity index (χ1n) is 11.6. The molecule has 4 heterocycles. The molecule has 9 heteroatoms. The van der Waals surface area contributed by atoms with Crippen molar-refractivity contribution in [3.05, 3.63) is 59.9 Å². The van der Waals surface area contributed by atoms with Gasteiger partial charge in [-0.1, -0.05) is 6.07 Å². The zero-order chi connectivity index (χ0) is 23.3. The summed E-state index contributed by atoms with van der Waals surface area (Å²) in [6.07, 6.45) is 4.03. The average Bonchev–Trinajstić information content (AvgIpc) is 3.26. The number of benzene rings is 1. The maximum atomic E-state index is 5.60. The van der Waals surface area contributed by atoms with Crippen molar-refractivity contribution in [3.8, 4) is 22.9 Å². The van der Waals surface area contributed by atoms with E-state index in [0.29, 0.717) is 30.4 Å². The van der Waals surface area contributed by atoms with Crippen molar-refractivity contribution in [1.82, 2.24) is 35.1 Å². The monoisotopic (exact) mass is 459 g/mol. The molecule has 0 amide bonds. The molecule has 2 N–H and O–H groups in total. The summed E-state index contributed by atoms with van der Waals surface area (Å²) in [5.41, 5.74) is 5.70. The molecule has 3 aromatic heterocycles. The minimum absolute atomic E-state index is 0.437. The van der Waals surface area contributed by atoms with Crippen LogP contribution in [0.3, 0.4) is 0 Å². The summed E-state index contributed by atoms with van der Waals surface area (Å²) in [6.45, 7) is 7.61. The fraction of sp³-hybridized carbons (Fsp3) is 0.360. The van der Waals surface area contributed by atoms with Crippen LogP contribution in [0.4, 0.5) is 0 Å². The van der Waals surface area contributed by atoms with Gasteiger partial charge in [0.2, 0.25) is 5.75 Å². The third-order valence-electron chi connectivity index (χ3n) is 5.91. The highest BCUT2D eigenvalue weighted by Crippen LogP contribution is 2.35. The minimum Gasteiger partial charge on any atom is -0.490 e. The molecule has 1 aliphatic heterocycles. The van der Waals surface area contributed by atoms with E-state index in [4.69, 9.17) is 14.5 Å². The number of nitrogens with one attached hydrogen (secondary N) is 2. The Morgan fingerprint density at radius 1 is 1.06 bits per heavy atom. The minimum atomic E-state index is 0.437. The van der Waals surface area contributed by atoms with Crippen molar-refractivity contribution < 1.29 is 9.47 Å². The number of hydrogen-bond acceptors (Lipinski definition) is 8. The Hall–Kier alpha value is -3.56. The Morgan fingerprint density at radius 2 is 1.94 bits per heavy atom. The summed E-state index contributed by atoms with van der Waals surface area (Å²) < 4.78 is 11.2. The molecule has 0 aliphatic carbocycles. The van der Waals surface area contributed by atoms with Gasteiger partial charge >= 0.3 is 0 Å². The van der Waals surface area contributed by atoms with Crippen molar-refractivity contribution in [1.29, 1.82) is 0 Å². The summed E-state index contributed by atoms with van der Waals surface area (Å²) in [6, 6.07) is 10.3. The Labute approximate surface area is 198 Å².